The van der Waals surface area contributed by atoms with Crippen LogP contribution < -0.4 is 15.0 Å². The number of thiazole rings is 1. The second-order valence-corrected chi connectivity index (χ2v) is 7.95. The molecule has 1 aliphatic heterocycles. The predicted molar refractivity (Wildman–Crippen MR) is 120 cm³/mol. The van der Waals surface area contributed by atoms with Crippen molar-refractivity contribution in [1.29, 1.82) is 0 Å². The van der Waals surface area contributed by atoms with Crippen LogP contribution in [0, 0.1) is 5.82 Å². The normalized spacial score (nSPS) is 13.8. The second-order valence-electron chi connectivity index (χ2n) is 7.09. The number of ether oxygens (including phenoxy) is 2. The van der Waals surface area contributed by atoms with Gasteiger partial charge in [-0.3, -0.25) is 4.79 Å². The number of nitrogens with zero attached hydrogens (tertiary/aromatic N) is 2. The van der Waals surface area contributed by atoms with Gasteiger partial charge < -0.3 is 19.7 Å². The molecule has 3 aromatic rings. The van der Waals surface area contributed by atoms with Crippen molar-refractivity contribution in [1.82, 2.24) is 4.98 Å². The summed E-state index contributed by atoms with van der Waals surface area (Å²) in [5, 5.41) is 5.47. The third-order valence-electron chi connectivity index (χ3n) is 4.89. The molecule has 2 aromatic carbocycles. The molecule has 2 heterocycles. The Kier molecular flexibility index (Phi) is 6.79. The molecule has 0 aliphatic carbocycles. The summed E-state index contributed by atoms with van der Waals surface area (Å²) >= 11 is 1.48. The zero-order chi connectivity index (χ0) is 21.6. The van der Waals surface area contributed by atoms with Crippen LogP contribution in [-0.4, -0.2) is 43.8 Å². The van der Waals surface area contributed by atoms with Crippen LogP contribution in [0.3, 0.4) is 0 Å². The maximum Gasteiger partial charge on any atom is 0.230 e. The van der Waals surface area contributed by atoms with E-state index in [4.69, 9.17) is 9.47 Å². The molecule has 31 heavy (non-hydrogen) atoms. The quantitative estimate of drug-likeness (QED) is 0.590. The lowest BCUT2D eigenvalue weighted by atomic mass is 10.2. The van der Waals surface area contributed by atoms with E-state index in [1.54, 1.807) is 12.1 Å². The molecule has 4 rings (SSSR count). The van der Waals surface area contributed by atoms with Gasteiger partial charge >= 0.3 is 0 Å². The molecule has 8 heteroatoms. The molecule has 6 nitrogen and oxygen atoms in total. The number of anilines is 2. The number of rotatable bonds is 7. The van der Waals surface area contributed by atoms with Gasteiger partial charge in [-0.2, -0.15) is 0 Å². The molecule has 1 aliphatic rings. The van der Waals surface area contributed by atoms with Gasteiger partial charge in [0.1, 0.15) is 16.6 Å². The first kappa shape index (κ1) is 21.3. The molecule has 1 amide bonds. The van der Waals surface area contributed by atoms with E-state index in [2.05, 4.69) is 10.3 Å². The first-order valence-electron chi connectivity index (χ1n) is 10.2. The number of nitrogens with one attached hydrogen (secondary N) is 1. The highest BCUT2D eigenvalue weighted by atomic mass is 32.1. The zero-order valence-corrected chi connectivity index (χ0v) is 18.1. The lowest BCUT2D eigenvalue weighted by Gasteiger charge is -2.29. The molecule has 1 N–H and O–H groups in total. The minimum atomic E-state index is -0.355. The van der Waals surface area contributed by atoms with E-state index >= 15 is 0 Å². The minimum Gasteiger partial charge on any atom is -0.494 e. The number of halogens is 1. The number of carbonyl (C=O) groups excluding carboxylic acids is 1. The Labute approximate surface area is 184 Å². The Morgan fingerprint density at radius 1 is 1.23 bits per heavy atom. The summed E-state index contributed by atoms with van der Waals surface area (Å²) in [5.41, 5.74) is 2.61. The van der Waals surface area contributed by atoms with E-state index in [1.807, 2.05) is 41.5 Å². The highest BCUT2D eigenvalue weighted by Crippen LogP contribution is 2.27. The number of hydrogen-bond acceptors (Lipinski definition) is 6. The van der Waals surface area contributed by atoms with E-state index in [9.17, 15) is 9.18 Å². The SMILES string of the molecule is CCOc1ccc(-c2nc(CC(=O)Nc3ccc(N4CCOCC4)c(F)c3)cs2)cc1. The monoisotopic (exact) mass is 441 g/mol. The molecule has 0 atom stereocenters. The van der Waals surface area contributed by atoms with E-state index in [0.717, 1.165) is 16.3 Å². The largest absolute Gasteiger partial charge is 0.494 e. The highest BCUT2D eigenvalue weighted by Gasteiger charge is 2.16. The van der Waals surface area contributed by atoms with Gasteiger partial charge in [0.05, 0.1) is 37.6 Å². The Morgan fingerprint density at radius 2 is 2.00 bits per heavy atom. The maximum atomic E-state index is 14.5. The van der Waals surface area contributed by atoms with Crippen molar-refractivity contribution >= 4 is 28.6 Å². The summed E-state index contributed by atoms with van der Waals surface area (Å²) in [7, 11) is 0. The van der Waals surface area contributed by atoms with Crippen LogP contribution in [0.5, 0.6) is 5.75 Å². The van der Waals surface area contributed by atoms with E-state index in [-0.39, 0.29) is 18.1 Å². The molecule has 0 unspecified atom stereocenters. The summed E-state index contributed by atoms with van der Waals surface area (Å²) in [5.74, 6) is 0.225. The van der Waals surface area contributed by atoms with Crippen molar-refractivity contribution in [2.75, 3.05) is 43.1 Å². The van der Waals surface area contributed by atoms with Gasteiger partial charge in [-0.05, 0) is 49.4 Å². The standard InChI is InChI=1S/C23H24FN3O3S/c1-2-30-19-6-3-16(4-7-19)23-26-18(15-31-23)14-22(28)25-17-5-8-21(20(24)13-17)27-9-11-29-12-10-27/h3-8,13,15H,2,9-12,14H2,1H3,(H,25,28). The Bertz CT molecular complexity index is 1030. The van der Waals surface area contributed by atoms with E-state index in [1.165, 1.54) is 17.4 Å². The van der Waals surface area contributed by atoms with Crippen LogP contribution in [0.25, 0.3) is 10.6 Å². The molecular formula is C23H24FN3O3S. The maximum absolute atomic E-state index is 14.5. The molecule has 0 radical (unpaired) electrons. The van der Waals surface area contributed by atoms with E-state index < -0.39 is 0 Å². The molecule has 1 aromatic heterocycles. The Hall–Kier alpha value is -2.97. The molecule has 0 saturated carbocycles. The first-order valence-corrected chi connectivity index (χ1v) is 11.1. The van der Waals surface area contributed by atoms with Crippen molar-refractivity contribution in [3.05, 3.63) is 59.4 Å². The average Bonchev–Trinajstić information content (AvgIpc) is 3.23. The fourth-order valence-electron chi connectivity index (χ4n) is 3.40. The van der Waals surface area contributed by atoms with Crippen LogP contribution in [0.15, 0.2) is 47.8 Å². The van der Waals surface area contributed by atoms with Crippen LogP contribution >= 0.6 is 11.3 Å². The van der Waals surface area contributed by atoms with Crippen molar-refractivity contribution < 1.29 is 18.7 Å². The van der Waals surface area contributed by atoms with Gasteiger partial charge in [-0.25, -0.2) is 9.37 Å². The third kappa shape index (κ3) is 5.39. The fourth-order valence-corrected chi connectivity index (χ4v) is 4.22. The number of hydrogen-bond donors (Lipinski definition) is 1. The molecule has 0 bridgehead atoms. The van der Waals surface area contributed by atoms with Crippen LogP contribution in [-0.2, 0) is 16.0 Å². The molecular weight excluding hydrogens is 417 g/mol. The summed E-state index contributed by atoms with van der Waals surface area (Å²) in [4.78, 5) is 18.9. The Balaban J connectivity index is 1.36. The zero-order valence-electron chi connectivity index (χ0n) is 17.3. The topological polar surface area (TPSA) is 63.7 Å². The number of benzene rings is 2. The van der Waals surface area contributed by atoms with Gasteiger partial charge in [0.2, 0.25) is 5.91 Å². The van der Waals surface area contributed by atoms with Gasteiger partial charge in [-0.1, -0.05) is 0 Å². The molecule has 162 valence electrons. The first-order chi connectivity index (χ1) is 15.1. The van der Waals surface area contributed by atoms with Gasteiger partial charge in [-0.15, -0.1) is 11.3 Å². The molecule has 1 saturated heterocycles. The van der Waals surface area contributed by atoms with E-state index in [0.29, 0.717) is 50.0 Å². The minimum absolute atomic E-state index is 0.125. The lowest BCUT2D eigenvalue weighted by molar-refractivity contribution is -0.115. The predicted octanol–water partition coefficient (Wildman–Crippen LogP) is 4.37. The summed E-state index contributed by atoms with van der Waals surface area (Å²) in [6.45, 7) is 5.05. The number of carbonyl (C=O) groups is 1. The van der Waals surface area contributed by atoms with Crippen molar-refractivity contribution in [2.45, 2.75) is 13.3 Å². The van der Waals surface area contributed by atoms with Crippen LogP contribution in [0.2, 0.25) is 0 Å². The third-order valence-corrected chi connectivity index (χ3v) is 5.83. The Morgan fingerprint density at radius 3 is 2.71 bits per heavy atom. The van der Waals surface area contributed by atoms with Crippen molar-refractivity contribution in [2.24, 2.45) is 0 Å². The lowest BCUT2D eigenvalue weighted by Crippen LogP contribution is -2.36. The van der Waals surface area contributed by atoms with Gasteiger partial charge in [0.25, 0.3) is 0 Å². The van der Waals surface area contributed by atoms with Crippen LogP contribution in [0.1, 0.15) is 12.6 Å². The fraction of sp³-hybridized carbons (Fsp3) is 0.304. The molecule has 1 fully saturated rings. The molecule has 0 spiro atoms. The summed E-state index contributed by atoms with van der Waals surface area (Å²) < 4.78 is 25.3. The van der Waals surface area contributed by atoms with Gasteiger partial charge in [0, 0.05) is 29.7 Å². The van der Waals surface area contributed by atoms with Crippen molar-refractivity contribution in [3.8, 4) is 16.3 Å². The van der Waals surface area contributed by atoms with Crippen molar-refractivity contribution in [3.63, 3.8) is 0 Å². The van der Waals surface area contributed by atoms with Crippen LogP contribution in [0.4, 0.5) is 15.8 Å². The number of aromatic nitrogens is 1. The highest BCUT2D eigenvalue weighted by molar-refractivity contribution is 7.13. The second kappa shape index (κ2) is 9.89. The summed E-state index contributed by atoms with van der Waals surface area (Å²) in [6.07, 6.45) is 0.125. The number of morpholine rings is 1. The van der Waals surface area contributed by atoms with Gasteiger partial charge in [0.15, 0.2) is 0 Å². The average molecular weight is 442 g/mol. The smallest absolute Gasteiger partial charge is 0.230 e. The summed E-state index contributed by atoms with van der Waals surface area (Å²) in [6, 6.07) is 12.5. The number of amides is 1.